The minimum Gasteiger partial charge on any atom is -0.378 e. The zero-order valence-corrected chi connectivity index (χ0v) is 14.3. The smallest absolute Gasteiger partial charge is 0.275 e. The van der Waals surface area contributed by atoms with Gasteiger partial charge in [0.05, 0.1) is 6.61 Å². The molecule has 7 heteroatoms. The van der Waals surface area contributed by atoms with E-state index in [-0.39, 0.29) is 5.91 Å². The van der Waals surface area contributed by atoms with Crippen molar-refractivity contribution >= 4 is 34.3 Å². The van der Waals surface area contributed by atoms with Gasteiger partial charge >= 0.3 is 0 Å². The number of anilines is 1. The number of hydrogen-bond donors (Lipinski definition) is 1. The van der Waals surface area contributed by atoms with Crippen LogP contribution < -0.4 is 5.32 Å². The molecule has 118 valence electrons. The first-order valence-electron chi connectivity index (χ1n) is 6.93. The van der Waals surface area contributed by atoms with Gasteiger partial charge in [-0.15, -0.1) is 22.7 Å². The van der Waals surface area contributed by atoms with Crippen LogP contribution in [0.4, 0.5) is 5.69 Å². The van der Waals surface area contributed by atoms with E-state index in [1.165, 1.54) is 11.3 Å². The number of hydrogen-bond acceptors (Lipinski definition) is 6. The highest BCUT2D eigenvalue weighted by atomic mass is 32.1. The van der Waals surface area contributed by atoms with E-state index in [2.05, 4.69) is 15.3 Å². The normalized spacial score (nSPS) is 10.7. The Morgan fingerprint density at radius 1 is 1.17 bits per heavy atom. The van der Waals surface area contributed by atoms with Crippen molar-refractivity contribution in [3.8, 4) is 10.6 Å². The van der Waals surface area contributed by atoms with Crippen LogP contribution in [0.3, 0.4) is 0 Å². The molecule has 0 aliphatic carbocycles. The zero-order chi connectivity index (χ0) is 16.2. The van der Waals surface area contributed by atoms with E-state index in [1.54, 1.807) is 23.8 Å². The second kappa shape index (κ2) is 6.99. The highest BCUT2D eigenvalue weighted by Gasteiger charge is 2.11. The van der Waals surface area contributed by atoms with Crippen molar-refractivity contribution in [3.63, 3.8) is 0 Å². The first-order valence-corrected chi connectivity index (χ1v) is 8.69. The van der Waals surface area contributed by atoms with Crippen LogP contribution in [0.25, 0.3) is 10.6 Å². The van der Waals surface area contributed by atoms with Crippen LogP contribution in [0.5, 0.6) is 0 Å². The summed E-state index contributed by atoms with van der Waals surface area (Å²) in [5.74, 6) is -0.221. The molecular formula is C16H15N3O2S2. The van der Waals surface area contributed by atoms with Crippen molar-refractivity contribution in [2.75, 3.05) is 12.4 Å². The molecule has 0 saturated heterocycles. The van der Waals surface area contributed by atoms with E-state index in [0.717, 1.165) is 27.0 Å². The zero-order valence-electron chi connectivity index (χ0n) is 12.7. The van der Waals surface area contributed by atoms with Crippen LogP contribution in [0, 0.1) is 6.92 Å². The summed E-state index contributed by atoms with van der Waals surface area (Å²) >= 11 is 3.02. The highest BCUT2D eigenvalue weighted by molar-refractivity contribution is 7.13. The first kappa shape index (κ1) is 15.8. The van der Waals surface area contributed by atoms with Crippen LogP contribution in [-0.2, 0) is 11.3 Å². The summed E-state index contributed by atoms with van der Waals surface area (Å²) in [7, 11) is 1.60. The fourth-order valence-corrected chi connectivity index (χ4v) is 3.53. The third kappa shape index (κ3) is 3.82. The Morgan fingerprint density at radius 2 is 1.96 bits per heavy atom. The monoisotopic (exact) mass is 345 g/mol. The number of carbonyl (C=O) groups is 1. The molecule has 0 aliphatic heterocycles. The molecule has 0 atom stereocenters. The molecule has 3 aromatic rings. The molecule has 1 N–H and O–H groups in total. The van der Waals surface area contributed by atoms with E-state index in [9.17, 15) is 4.79 Å². The largest absolute Gasteiger partial charge is 0.378 e. The van der Waals surface area contributed by atoms with E-state index >= 15 is 0 Å². The number of amides is 1. The Morgan fingerprint density at radius 3 is 2.61 bits per heavy atom. The molecule has 2 aromatic heterocycles. The van der Waals surface area contributed by atoms with E-state index in [1.807, 2.05) is 36.6 Å². The van der Waals surface area contributed by atoms with Gasteiger partial charge in [-0.2, -0.15) is 0 Å². The van der Waals surface area contributed by atoms with E-state index in [0.29, 0.717) is 12.3 Å². The van der Waals surface area contributed by atoms with Crippen molar-refractivity contribution < 1.29 is 9.53 Å². The quantitative estimate of drug-likeness (QED) is 0.760. The van der Waals surface area contributed by atoms with Crippen molar-refractivity contribution in [1.82, 2.24) is 9.97 Å². The number of carbonyl (C=O) groups excluding carboxylic acids is 1. The molecule has 0 unspecified atom stereocenters. The van der Waals surface area contributed by atoms with Crippen LogP contribution in [0.2, 0.25) is 0 Å². The van der Waals surface area contributed by atoms with Crippen molar-refractivity contribution in [2.45, 2.75) is 13.5 Å². The molecule has 1 aromatic carbocycles. The average molecular weight is 345 g/mol. The summed E-state index contributed by atoms with van der Waals surface area (Å²) in [6.45, 7) is 2.39. The van der Waals surface area contributed by atoms with Gasteiger partial charge in [0, 0.05) is 34.8 Å². The Kier molecular flexibility index (Phi) is 4.80. The maximum Gasteiger partial charge on any atom is 0.275 e. The molecule has 0 fully saturated rings. The fourth-order valence-electron chi connectivity index (χ4n) is 1.98. The molecule has 0 saturated carbocycles. The van der Waals surface area contributed by atoms with Gasteiger partial charge in [-0.3, -0.25) is 4.79 Å². The number of benzene rings is 1. The minimum absolute atomic E-state index is 0.221. The highest BCUT2D eigenvalue weighted by Crippen LogP contribution is 2.25. The Bertz CT molecular complexity index is 809. The van der Waals surface area contributed by atoms with Gasteiger partial charge < -0.3 is 10.1 Å². The van der Waals surface area contributed by atoms with Crippen LogP contribution >= 0.6 is 22.7 Å². The topological polar surface area (TPSA) is 64.1 Å². The van der Waals surface area contributed by atoms with Gasteiger partial charge in [0.2, 0.25) is 0 Å². The molecule has 5 nitrogen and oxygen atoms in total. The molecule has 0 radical (unpaired) electrons. The Hall–Kier alpha value is -2.09. The number of ether oxygens (including phenoxy) is 1. The maximum atomic E-state index is 12.2. The fraction of sp³-hybridized carbons (Fsp3) is 0.188. The Balaban J connectivity index is 1.68. The summed E-state index contributed by atoms with van der Waals surface area (Å²) in [5, 5.41) is 8.36. The summed E-state index contributed by atoms with van der Waals surface area (Å²) in [5.41, 5.74) is 3.19. The van der Waals surface area contributed by atoms with Crippen molar-refractivity contribution in [2.24, 2.45) is 0 Å². The van der Waals surface area contributed by atoms with Gasteiger partial charge in [0.25, 0.3) is 5.91 Å². The van der Waals surface area contributed by atoms with Gasteiger partial charge in [-0.25, -0.2) is 9.97 Å². The van der Waals surface area contributed by atoms with Crippen LogP contribution in [0.1, 0.15) is 21.2 Å². The number of aryl methyl sites for hydroxylation is 1. The van der Waals surface area contributed by atoms with Crippen molar-refractivity contribution in [3.05, 3.63) is 51.4 Å². The van der Waals surface area contributed by atoms with Crippen LogP contribution in [0.15, 0.2) is 35.0 Å². The standard InChI is InChI=1S/C16H15N3O2S2/c1-10-8-23-16(17-10)11-3-5-12(6-4-11)18-15(20)13-9-22-14(19-13)7-21-2/h3-6,8-9H,7H2,1-2H3,(H,18,20). The number of thiazole rings is 2. The predicted octanol–water partition coefficient (Wildman–Crippen LogP) is 3.97. The maximum absolute atomic E-state index is 12.2. The number of nitrogens with one attached hydrogen (secondary N) is 1. The molecule has 2 heterocycles. The summed E-state index contributed by atoms with van der Waals surface area (Å²) in [6.07, 6.45) is 0. The summed E-state index contributed by atoms with van der Waals surface area (Å²) in [6, 6.07) is 7.63. The third-order valence-corrected chi connectivity index (χ3v) is 4.89. The molecule has 0 spiro atoms. The van der Waals surface area contributed by atoms with Gasteiger partial charge in [0.15, 0.2) is 0 Å². The molecule has 3 rings (SSSR count). The second-order valence-corrected chi connectivity index (χ2v) is 6.69. The van der Waals surface area contributed by atoms with Gasteiger partial charge in [0.1, 0.15) is 15.7 Å². The lowest BCUT2D eigenvalue weighted by atomic mass is 10.2. The minimum atomic E-state index is -0.221. The van der Waals surface area contributed by atoms with Gasteiger partial charge in [-0.1, -0.05) is 0 Å². The molecule has 1 amide bonds. The molecule has 23 heavy (non-hydrogen) atoms. The number of methoxy groups -OCH3 is 1. The molecular weight excluding hydrogens is 330 g/mol. The van der Waals surface area contributed by atoms with E-state index in [4.69, 9.17) is 4.74 Å². The average Bonchev–Trinajstić information content (AvgIpc) is 3.18. The number of rotatable bonds is 5. The lowest BCUT2D eigenvalue weighted by Crippen LogP contribution is -2.12. The predicted molar refractivity (Wildman–Crippen MR) is 93.1 cm³/mol. The number of nitrogens with zero attached hydrogens (tertiary/aromatic N) is 2. The van der Waals surface area contributed by atoms with Gasteiger partial charge in [-0.05, 0) is 31.2 Å². The number of aromatic nitrogens is 2. The Labute approximate surface area is 142 Å². The lowest BCUT2D eigenvalue weighted by Gasteiger charge is -2.04. The summed E-state index contributed by atoms with van der Waals surface area (Å²) in [4.78, 5) is 20.9. The molecule has 0 bridgehead atoms. The summed E-state index contributed by atoms with van der Waals surface area (Å²) < 4.78 is 5.01. The molecule has 0 aliphatic rings. The van der Waals surface area contributed by atoms with Crippen LogP contribution in [-0.4, -0.2) is 23.0 Å². The van der Waals surface area contributed by atoms with Crippen molar-refractivity contribution in [1.29, 1.82) is 0 Å². The third-order valence-electron chi connectivity index (χ3n) is 3.06. The van der Waals surface area contributed by atoms with E-state index < -0.39 is 0 Å². The SMILES string of the molecule is COCc1nc(C(=O)Nc2ccc(-c3nc(C)cs3)cc2)cs1. The first-order chi connectivity index (χ1) is 11.2. The second-order valence-electron chi connectivity index (χ2n) is 4.89. The lowest BCUT2D eigenvalue weighted by molar-refractivity contribution is 0.102.